The van der Waals surface area contributed by atoms with E-state index in [1.165, 1.54) is 64.2 Å². The molecular formula is C56H94O9. The molecule has 1 aliphatic rings. The van der Waals surface area contributed by atoms with Gasteiger partial charge in [0.2, 0.25) is 0 Å². The van der Waals surface area contributed by atoms with E-state index in [4.69, 9.17) is 18.9 Å². The first-order valence-corrected chi connectivity index (χ1v) is 25.8. The molecule has 0 spiro atoms. The van der Waals surface area contributed by atoms with Gasteiger partial charge in [-0.15, -0.1) is 0 Å². The number of unbranched alkanes of at least 4 members (excludes halogenated alkanes) is 16. The van der Waals surface area contributed by atoms with Crippen LogP contribution >= 0.6 is 0 Å². The summed E-state index contributed by atoms with van der Waals surface area (Å²) in [5, 5.41) is 40.3. The maximum absolute atomic E-state index is 12.8. The number of rotatable bonds is 43. The van der Waals surface area contributed by atoms with Crippen LogP contribution in [-0.2, 0) is 23.7 Å². The number of esters is 1. The molecule has 0 bridgehead atoms. The van der Waals surface area contributed by atoms with Crippen molar-refractivity contribution in [3.05, 3.63) is 97.2 Å². The number of aliphatic hydroxyl groups is 4. The van der Waals surface area contributed by atoms with Crippen molar-refractivity contribution in [1.82, 2.24) is 0 Å². The zero-order valence-electron chi connectivity index (χ0n) is 41.0. The van der Waals surface area contributed by atoms with Crippen molar-refractivity contribution in [2.45, 2.75) is 224 Å². The van der Waals surface area contributed by atoms with Gasteiger partial charge in [-0.05, 0) is 96.3 Å². The topological polar surface area (TPSA) is 135 Å². The second-order valence-electron chi connectivity index (χ2n) is 17.2. The van der Waals surface area contributed by atoms with Gasteiger partial charge in [0, 0.05) is 13.0 Å². The Hall–Kier alpha value is -2.89. The Morgan fingerprint density at radius 1 is 0.508 bits per heavy atom. The molecule has 4 N–H and O–H groups in total. The predicted octanol–water partition coefficient (Wildman–Crippen LogP) is 12.8. The van der Waals surface area contributed by atoms with Gasteiger partial charge < -0.3 is 39.4 Å². The quantitative estimate of drug-likeness (QED) is 0.0268. The van der Waals surface area contributed by atoms with E-state index in [2.05, 4.69) is 111 Å². The van der Waals surface area contributed by atoms with Gasteiger partial charge >= 0.3 is 5.97 Å². The maximum atomic E-state index is 12.8. The smallest absolute Gasteiger partial charge is 0.306 e. The third-order valence-corrected chi connectivity index (χ3v) is 11.2. The van der Waals surface area contributed by atoms with Gasteiger partial charge in [-0.1, -0.05) is 182 Å². The van der Waals surface area contributed by atoms with Gasteiger partial charge in [0.15, 0.2) is 6.29 Å². The molecule has 65 heavy (non-hydrogen) atoms. The predicted molar refractivity (Wildman–Crippen MR) is 270 cm³/mol. The Bertz CT molecular complexity index is 1310. The van der Waals surface area contributed by atoms with Crippen molar-refractivity contribution in [2.75, 3.05) is 26.4 Å². The third kappa shape index (κ3) is 36.9. The molecule has 1 heterocycles. The summed E-state index contributed by atoms with van der Waals surface area (Å²) in [6, 6.07) is 0. The Kier molecular flexibility index (Phi) is 42.8. The minimum absolute atomic E-state index is 0.124. The second kappa shape index (κ2) is 46.2. The lowest BCUT2D eigenvalue weighted by atomic mass is 9.99. The van der Waals surface area contributed by atoms with Crippen molar-refractivity contribution in [2.24, 2.45) is 0 Å². The summed E-state index contributed by atoms with van der Waals surface area (Å²) >= 11 is 0. The van der Waals surface area contributed by atoms with Gasteiger partial charge in [-0.3, -0.25) is 4.79 Å². The number of hydrogen-bond acceptors (Lipinski definition) is 9. The van der Waals surface area contributed by atoms with Crippen LogP contribution in [0.1, 0.15) is 187 Å². The maximum Gasteiger partial charge on any atom is 0.306 e. The highest BCUT2D eigenvalue weighted by atomic mass is 16.7. The van der Waals surface area contributed by atoms with Crippen LogP contribution in [-0.4, -0.2) is 89.6 Å². The Labute approximate surface area is 396 Å². The standard InChI is InChI=1S/C56H94O9/c1-3-5-7-9-11-13-15-17-19-21-23-24-25-26-27-29-31-33-35-37-39-41-43-45-52(58)64-50(49-63-56-55(61)54(60)53(59)51(47-57)65-56)48-62-46-44-42-40-38-36-34-32-30-28-22-20-18-16-14-12-10-8-6-4-2/h5,7,11,13-14,16-17,19-20,22-24,26-27,31,33,50-51,53-57,59-61H,3-4,6,8-10,12,15,18,21,25,28-30,32,34-49H2,1-2H3/b7-5-,13-11-,16-14-,19-17-,22-20-,24-23-,27-26-,33-31-. The van der Waals surface area contributed by atoms with E-state index in [0.29, 0.717) is 6.61 Å². The highest BCUT2D eigenvalue weighted by Crippen LogP contribution is 2.22. The molecule has 0 aromatic carbocycles. The number of hydrogen-bond donors (Lipinski definition) is 4. The summed E-state index contributed by atoms with van der Waals surface area (Å²) in [7, 11) is 0. The first kappa shape index (κ1) is 60.1. The van der Waals surface area contributed by atoms with E-state index < -0.39 is 43.4 Å². The molecule has 372 valence electrons. The molecule has 6 atom stereocenters. The van der Waals surface area contributed by atoms with E-state index in [9.17, 15) is 25.2 Å². The number of allylic oxidation sites excluding steroid dienone is 16. The zero-order valence-corrected chi connectivity index (χ0v) is 41.0. The molecule has 1 rings (SSSR count). The molecule has 0 aromatic heterocycles. The first-order chi connectivity index (χ1) is 31.9. The highest BCUT2D eigenvalue weighted by molar-refractivity contribution is 5.69. The normalized spacial score (nSPS) is 20.2. The summed E-state index contributed by atoms with van der Waals surface area (Å²) in [6.45, 7) is 4.37. The fraction of sp³-hybridized carbons (Fsp3) is 0.696. The number of carbonyl (C=O) groups is 1. The summed E-state index contributed by atoms with van der Waals surface area (Å²) < 4.78 is 22.9. The molecule has 6 unspecified atom stereocenters. The van der Waals surface area contributed by atoms with E-state index in [0.717, 1.165) is 103 Å². The Balaban J connectivity index is 2.25. The van der Waals surface area contributed by atoms with Crippen molar-refractivity contribution in [3.8, 4) is 0 Å². The van der Waals surface area contributed by atoms with Crippen molar-refractivity contribution >= 4 is 5.97 Å². The second-order valence-corrected chi connectivity index (χ2v) is 17.2. The Morgan fingerprint density at radius 2 is 0.938 bits per heavy atom. The zero-order chi connectivity index (χ0) is 47.1. The summed E-state index contributed by atoms with van der Waals surface area (Å²) in [6.07, 6.45) is 57.2. The minimum atomic E-state index is -1.55. The van der Waals surface area contributed by atoms with Gasteiger partial charge in [0.25, 0.3) is 0 Å². The lowest BCUT2D eigenvalue weighted by Crippen LogP contribution is -2.59. The van der Waals surface area contributed by atoms with Gasteiger partial charge in [-0.2, -0.15) is 0 Å². The van der Waals surface area contributed by atoms with E-state index in [-0.39, 0.29) is 25.6 Å². The van der Waals surface area contributed by atoms with Crippen LogP contribution in [0, 0.1) is 0 Å². The summed E-state index contributed by atoms with van der Waals surface area (Å²) in [4.78, 5) is 12.8. The average molecular weight is 911 g/mol. The highest BCUT2D eigenvalue weighted by Gasteiger charge is 2.44. The van der Waals surface area contributed by atoms with Crippen LogP contribution < -0.4 is 0 Å². The van der Waals surface area contributed by atoms with Crippen LogP contribution in [0.15, 0.2) is 97.2 Å². The fourth-order valence-corrected chi connectivity index (χ4v) is 7.23. The lowest BCUT2D eigenvalue weighted by Gasteiger charge is -2.39. The van der Waals surface area contributed by atoms with Crippen LogP contribution in [0.5, 0.6) is 0 Å². The van der Waals surface area contributed by atoms with Crippen LogP contribution in [0.2, 0.25) is 0 Å². The number of carbonyl (C=O) groups excluding carboxylic acids is 1. The molecule has 0 saturated carbocycles. The monoisotopic (exact) mass is 911 g/mol. The fourth-order valence-electron chi connectivity index (χ4n) is 7.23. The van der Waals surface area contributed by atoms with Crippen LogP contribution in [0.25, 0.3) is 0 Å². The molecule has 1 aliphatic heterocycles. The van der Waals surface area contributed by atoms with E-state index in [1.807, 2.05) is 0 Å². The molecule has 0 aliphatic carbocycles. The molecular weight excluding hydrogens is 817 g/mol. The van der Waals surface area contributed by atoms with Crippen molar-refractivity contribution < 1.29 is 44.2 Å². The molecule has 0 amide bonds. The SMILES string of the molecule is CC/C=C\C/C=C\C/C=C\C/C=C\C/C=C\C/C=C\CCCCCCC(=O)OC(COCCCCCCCCCC/C=C\C/C=C\CCCCCC)COC1OC(CO)C(O)C(O)C1O. The first-order valence-electron chi connectivity index (χ1n) is 25.8. The Morgan fingerprint density at radius 3 is 1.42 bits per heavy atom. The van der Waals surface area contributed by atoms with Crippen molar-refractivity contribution in [1.29, 1.82) is 0 Å². The van der Waals surface area contributed by atoms with Gasteiger partial charge in [0.05, 0.1) is 19.8 Å². The van der Waals surface area contributed by atoms with Gasteiger partial charge in [0.1, 0.15) is 30.5 Å². The minimum Gasteiger partial charge on any atom is -0.457 e. The molecule has 1 saturated heterocycles. The van der Waals surface area contributed by atoms with Crippen LogP contribution in [0.4, 0.5) is 0 Å². The molecule has 9 nitrogen and oxygen atoms in total. The summed E-state index contributed by atoms with van der Waals surface area (Å²) in [5.74, 6) is -0.343. The van der Waals surface area contributed by atoms with Gasteiger partial charge in [-0.25, -0.2) is 0 Å². The molecule has 0 radical (unpaired) electrons. The lowest BCUT2D eigenvalue weighted by molar-refractivity contribution is -0.305. The molecule has 1 fully saturated rings. The molecule has 9 heteroatoms. The van der Waals surface area contributed by atoms with E-state index >= 15 is 0 Å². The van der Waals surface area contributed by atoms with E-state index in [1.54, 1.807) is 0 Å². The number of aliphatic hydroxyl groups excluding tert-OH is 4. The largest absolute Gasteiger partial charge is 0.457 e. The van der Waals surface area contributed by atoms with Crippen LogP contribution in [0.3, 0.4) is 0 Å². The number of ether oxygens (including phenoxy) is 4. The molecule has 0 aromatic rings. The van der Waals surface area contributed by atoms with Crippen molar-refractivity contribution in [3.63, 3.8) is 0 Å². The third-order valence-electron chi connectivity index (χ3n) is 11.2. The average Bonchev–Trinajstić information content (AvgIpc) is 3.31. The summed E-state index contributed by atoms with van der Waals surface area (Å²) in [5.41, 5.74) is 0.